The number of benzene rings is 2. The summed E-state index contributed by atoms with van der Waals surface area (Å²) in [5.74, 6) is 6.10. The van der Waals surface area contributed by atoms with Gasteiger partial charge in [0.05, 0.1) is 10.7 Å². The van der Waals surface area contributed by atoms with Gasteiger partial charge in [-0.15, -0.1) is 10.2 Å². The number of nitro groups is 1. The number of aromatic nitrogens is 3. The quantitative estimate of drug-likeness (QED) is 0.279. The number of nitrogens with zero attached hydrogens (tertiary/aromatic N) is 4. The molecule has 1 amide bonds. The van der Waals surface area contributed by atoms with Gasteiger partial charge < -0.3 is 11.2 Å². The van der Waals surface area contributed by atoms with Crippen LogP contribution in [0.2, 0.25) is 5.02 Å². The molecule has 0 aliphatic rings. The molecule has 9 nitrogen and oxygen atoms in total. The minimum absolute atomic E-state index is 0.0125. The first-order chi connectivity index (χ1) is 12.9. The monoisotopic (exact) mass is 404 g/mol. The molecule has 0 aliphatic carbocycles. The Balaban J connectivity index is 1.63. The molecule has 0 bridgehead atoms. The maximum absolute atomic E-state index is 12.1. The van der Waals surface area contributed by atoms with Gasteiger partial charge in [-0.25, -0.2) is 4.68 Å². The van der Waals surface area contributed by atoms with Crippen LogP contribution < -0.4 is 11.2 Å². The maximum atomic E-state index is 12.1. The fraction of sp³-hybridized carbons (Fsp3) is 0.0625. The highest BCUT2D eigenvalue weighted by molar-refractivity contribution is 7.99. The second-order valence-corrected chi connectivity index (χ2v) is 6.71. The first-order valence-electron chi connectivity index (χ1n) is 7.57. The van der Waals surface area contributed by atoms with Crippen LogP contribution >= 0.6 is 23.4 Å². The molecular formula is C16H13ClN6O3S. The molecule has 0 saturated heterocycles. The standard InChI is InChI=1S/C16H13ClN6O3S/c17-11-6-4-10(5-7-11)15-20-21-16(22(15)18)27-9-14(24)19-12-2-1-3-13(8-12)23(25)26/h1-8H,9,18H2,(H,19,24). The zero-order valence-electron chi connectivity index (χ0n) is 13.7. The molecule has 1 heterocycles. The van der Waals surface area contributed by atoms with Crippen molar-refractivity contribution in [2.24, 2.45) is 0 Å². The lowest BCUT2D eigenvalue weighted by molar-refractivity contribution is -0.384. The van der Waals surface area contributed by atoms with Gasteiger partial charge in [0.15, 0.2) is 5.82 Å². The number of nitrogens with two attached hydrogens (primary N) is 1. The van der Waals surface area contributed by atoms with Crippen LogP contribution in [0.4, 0.5) is 11.4 Å². The molecule has 3 aromatic rings. The number of nitrogen functional groups attached to an aromatic ring is 1. The Bertz CT molecular complexity index is 992. The molecule has 11 heteroatoms. The third kappa shape index (κ3) is 4.54. The molecule has 0 fully saturated rings. The van der Waals surface area contributed by atoms with Crippen LogP contribution in [0.15, 0.2) is 53.7 Å². The molecule has 1 aromatic heterocycles. The SMILES string of the molecule is Nn1c(SCC(=O)Nc2cccc([N+](=O)[O-])c2)nnc1-c1ccc(Cl)cc1. The van der Waals surface area contributed by atoms with E-state index in [4.69, 9.17) is 17.4 Å². The number of rotatable bonds is 6. The average Bonchev–Trinajstić information content (AvgIpc) is 3.01. The number of hydrogen-bond acceptors (Lipinski definition) is 7. The minimum atomic E-state index is -0.528. The van der Waals surface area contributed by atoms with Crippen LogP contribution in [-0.4, -0.2) is 31.5 Å². The summed E-state index contributed by atoms with van der Waals surface area (Å²) < 4.78 is 1.29. The van der Waals surface area contributed by atoms with E-state index in [1.165, 1.54) is 22.9 Å². The second-order valence-electron chi connectivity index (χ2n) is 5.33. The Hall–Kier alpha value is -3.11. The van der Waals surface area contributed by atoms with Crippen molar-refractivity contribution in [1.82, 2.24) is 14.9 Å². The zero-order valence-corrected chi connectivity index (χ0v) is 15.3. The summed E-state index contributed by atoms with van der Waals surface area (Å²) >= 11 is 6.96. The molecular weight excluding hydrogens is 392 g/mol. The van der Waals surface area contributed by atoms with Crippen LogP contribution in [0, 0.1) is 10.1 Å². The van der Waals surface area contributed by atoms with Crippen molar-refractivity contribution in [1.29, 1.82) is 0 Å². The number of carbonyl (C=O) groups excluding carboxylic acids is 1. The van der Waals surface area contributed by atoms with E-state index in [1.54, 1.807) is 30.3 Å². The van der Waals surface area contributed by atoms with Crippen molar-refractivity contribution in [3.05, 3.63) is 63.7 Å². The smallest absolute Gasteiger partial charge is 0.271 e. The van der Waals surface area contributed by atoms with Gasteiger partial charge in [-0.1, -0.05) is 29.4 Å². The van der Waals surface area contributed by atoms with Gasteiger partial charge in [-0.05, 0) is 30.3 Å². The largest absolute Gasteiger partial charge is 0.335 e. The Kier molecular flexibility index (Phi) is 5.57. The topological polar surface area (TPSA) is 129 Å². The van der Waals surface area contributed by atoms with E-state index in [1.807, 2.05) is 0 Å². The highest BCUT2D eigenvalue weighted by Crippen LogP contribution is 2.23. The number of nitro benzene ring substituents is 1. The van der Waals surface area contributed by atoms with E-state index in [0.717, 1.165) is 17.3 Å². The molecule has 2 aromatic carbocycles. The number of non-ortho nitro benzene ring substituents is 1. The van der Waals surface area contributed by atoms with Gasteiger partial charge in [0.25, 0.3) is 5.69 Å². The van der Waals surface area contributed by atoms with Crippen LogP contribution in [0.5, 0.6) is 0 Å². The number of halogens is 1. The molecule has 3 N–H and O–H groups in total. The highest BCUT2D eigenvalue weighted by Gasteiger charge is 2.14. The summed E-state index contributed by atoms with van der Waals surface area (Å²) in [6.45, 7) is 0. The lowest BCUT2D eigenvalue weighted by atomic mass is 10.2. The molecule has 0 spiro atoms. The third-order valence-corrected chi connectivity index (χ3v) is 4.64. The van der Waals surface area contributed by atoms with Crippen molar-refractivity contribution in [3.8, 4) is 11.4 Å². The van der Waals surface area contributed by atoms with E-state index in [9.17, 15) is 14.9 Å². The van der Waals surface area contributed by atoms with Crippen molar-refractivity contribution in [3.63, 3.8) is 0 Å². The first-order valence-corrected chi connectivity index (χ1v) is 8.94. The van der Waals surface area contributed by atoms with Gasteiger partial charge in [-0.2, -0.15) is 0 Å². The summed E-state index contributed by atoms with van der Waals surface area (Å²) in [6.07, 6.45) is 0. The Labute approximate surface area is 162 Å². The van der Waals surface area contributed by atoms with E-state index < -0.39 is 4.92 Å². The predicted molar refractivity (Wildman–Crippen MR) is 103 cm³/mol. The maximum Gasteiger partial charge on any atom is 0.271 e. The van der Waals surface area contributed by atoms with Gasteiger partial charge in [-0.3, -0.25) is 14.9 Å². The Morgan fingerprint density at radius 3 is 2.70 bits per heavy atom. The summed E-state index contributed by atoms with van der Waals surface area (Å²) in [4.78, 5) is 22.3. The average molecular weight is 405 g/mol. The molecule has 3 rings (SSSR count). The fourth-order valence-electron chi connectivity index (χ4n) is 2.20. The number of amides is 1. The van der Waals surface area contributed by atoms with E-state index >= 15 is 0 Å². The summed E-state index contributed by atoms with van der Waals surface area (Å²) in [5, 5.41) is 22.3. The second kappa shape index (κ2) is 8.06. The van der Waals surface area contributed by atoms with E-state index in [2.05, 4.69) is 15.5 Å². The lowest BCUT2D eigenvalue weighted by Crippen LogP contribution is -2.16. The molecule has 27 heavy (non-hydrogen) atoms. The minimum Gasteiger partial charge on any atom is -0.335 e. The van der Waals surface area contributed by atoms with Crippen LogP contribution in [0.3, 0.4) is 0 Å². The van der Waals surface area contributed by atoms with E-state index in [0.29, 0.717) is 21.7 Å². The Morgan fingerprint density at radius 1 is 1.26 bits per heavy atom. The molecule has 0 radical (unpaired) electrons. The highest BCUT2D eigenvalue weighted by atomic mass is 35.5. The number of thioether (sulfide) groups is 1. The van der Waals surface area contributed by atoms with Crippen LogP contribution in [0.25, 0.3) is 11.4 Å². The molecule has 0 saturated carbocycles. The summed E-state index contributed by atoms with van der Waals surface area (Å²) in [7, 11) is 0. The van der Waals surface area contributed by atoms with Crippen LogP contribution in [0.1, 0.15) is 0 Å². The predicted octanol–water partition coefficient (Wildman–Crippen LogP) is 2.95. The van der Waals surface area contributed by atoms with Gasteiger partial charge in [0, 0.05) is 28.4 Å². The molecule has 0 unspecified atom stereocenters. The van der Waals surface area contributed by atoms with Crippen molar-refractivity contribution >= 4 is 40.6 Å². The number of anilines is 1. The zero-order chi connectivity index (χ0) is 19.4. The number of nitrogens with one attached hydrogen (secondary N) is 1. The van der Waals surface area contributed by atoms with Crippen molar-refractivity contribution in [2.75, 3.05) is 16.9 Å². The first kappa shape index (κ1) is 18.7. The molecule has 0 aliphatic heterocycles. The number of carbonyl (C=O) groups is 1. The van der Waals surface area contributed by atoms with E-state index in [-0.39, 0.29) is 17.3 Å². The fourth-order valence-corrected chi connectivity index (χ4v) is 2.98. The van der Waals surface area contributed by atoms with Gasteiger partial charge >= 0.3 is 0 Å². The summed E-state index contributed by atoms with van der Waals surface area (Å²) in [6, 6.07) is 12.6. The molecule has 138 valence electrons. The summed E-state index contributed by atoms with van der Waals surface area (Å²) in [5.41, 5.74) is 0.975. The van der Waals surface area contributed by atoms with Gasteiger partial charge in [0.2, 0.25) is 11.1 Å². The van der Waals surface area contributed by atoms with Crippen molar-refractivity contribution < 1.29 is 9.72 Å². The lowest BCUT2D eigenvalue weighted by Gasteiger charge is -2.05. The Morgan fingerprint density at radius 2 is 2.00 bits per heavy atom. The number of hydrogen-bond donors (Lipinski definition) is 2. The van der Waals surface area contributed by atoms with Crippen LogP contribution in [-0.2, 0) is 4.79 Å². The normalized spacial score (nSPS) is 10.6. The van der Waals surface area contributed by atoms with Crippen molar-refractivity contribution in [2.45, 2.75) is 5.16 Å². The third-order valence-electron chi connectivity index (χ3n) is 3.44. The molecule has 0 atom stereocenters. The van der Waals surface area contributed by atoms with Gasteiger partial charge in [0.1, 0.15) is 0 Å².